The van der Waals surface area contributed by atoms with Crippen molar-refractivity contribution in [1.29, 1.82) is 0 Å². The van der Waals surface area contributed by atoms with Crippen LogP contribution in [0.4, 0.5) is 5.69 Å². The number of aromatic amines is 1. The molecule has 0 unspecified atom stereocenters. The number of carbonyl (C=O) groups is 1. The zero-order valence-corrected chi connectivity index (χ0v) is 13.5. The first-order valence-electron chi connectivity index (χ1n) is 7.64. The zero-order chi connectivity index (χ0) is 17.8. The lowest BCUT2D eigenvalue weighted by molar-refractivity contribution is -0.384. The molecule has 0 saturated carbocycles. The molecule has 0 bridgehead atoms. The summed E-state index contributed by atoms with van der Waals surface area (Å²) in [4.78, 5) is 31.7. The molecule has 1 heterocycles. The zero-order valence-electron chi connectivity index (χ0n) is 13.5. The van der Waals surface area contributed by atoms with Crippen molar-refractivity contribution in [1.82, 2.24) is 14.9 Å². The van der Waals surface area contributed by atoms with Crippen LogP contribution in [0.25, 0.3) is 17.1 Å². The van der Waals surface area contributed by atoms with E-state index >= 15 is 0 Å². The average Bonchev–Trinajstić information content (AvgIpc) is 3.02. The number of non-ortho nitro benzene ring substituents is 1. The molecular weight excluding hydrogens is 320 g/mol. The number of H-pyrrole nitrogens is 1. The fraction of sp³-hybridized carbons (Fsp3) is 0.111. The summed E-state index contributed by atoms with van der Waals surface area (Å²) in [6, 6.07) is 13.8. The monoisotopic (exact) mass is 336 g/mol. The number of carbonyl (C=O) groups excluding carboxylic acids is 1. The highest BCUT2D eigenvalue weighted by Gasteiger charge is 2.10. The molecule has 0 atom stereocenters. The Hall–Kier alpha value is -3.48. The van der Waals surface area contributed by atoms with Crippen LogP contribution >= 0.6 is 0 Å². The Morgan fingerprint density at radius 2 is 2.08 bits per heavy atom. The Morgan fingerprint density at radius 1 is 1.28 bits per heavy atom. The molecule has 1 amide bonds. The number of hydrogen-bond acceptors (Lipinski definition) is 4. The van der Waals surface area contributed by atoms with Crippen LogP contribution in [-0.2, 0) is 11.3 Å². The van der Waals surface area contributed by atoms with E-state index in [1.54, 1.807) is 25.3 Å². The standard InChI is InChI=1S/C18H16N4O3/c1-21(12-17-19-15-7-2-3-8-16(15)20-17)18(23)10-9-13-5-4-6-14(11-13)22(24)25/h2-11H,12H2,1H3,(H,19,20)/b10-9+. The second kappa shape index (κ2) is 6.96. The van der Waals surface area contributed by atoms with Crippen LogP contribution in [0.3, 0.4) is 0 Å². The lowest BCUT2D eigenvalue weighted by atomic mass is 10.2. The molecule has 3 rings (SSSR count). The maximum absolute atomic E-state index is 12.2. The number of amides is 1. The predicted molar refractivity (Wildman–Crippen MR) is 94.7 cm³/mol. The fourth-order valence-electron chi connectivity index (χ4n) is 2.42. The highest BCUT2D eigenvalue weighted by atomic mass is 16.6. The van der Waals surface area contributed by atoms with Crippen LogP contribution in [-0.4, -0.2) is 32.7 Å². The van der Waals surface area contributed by atoms with Gasteiger partial charge < -0.3 is 9.88 Å². The van der Waals surface area contributed by atoms with E-state index in [1.807, 2.05) is 24.3 Å². The number of nitrogens with one attached hydrogen (secondary N) is 1. The number of aromatic nitrogens is 2. The van der Waals surface area contributed by atoms with E-state index in [9.17, 15) is 14.9 Å². The number of benzene rings is 2. The van der Waals surface area contributed by atoms with Gasteiger partial charge in [-0.2, -0.15) is 0 Å². The maximum atomic E-state index is 12.2. The summed E-state index contributed by atoms with van der Waals surface area (Å²) in [7, 11) is 1.67. The van der Waals surface area contributed by atoms with Crippen LogP contribution in [0.5, 0.6) is 0 Å². The molecule has 3 aromatic rings. The van der Waals surface area contributed by atoms with E-state index < -0.39 is 4.92 Å². The first-order chi connectivity index (χ1) is 12.0. The molecular formula is C18H16N4O3. The number of nitro benzene ring substituents is 1. The number of rotatable bonds is 5. The molecule has 1 aromatic heterocycles. The minimum atomic E-state index is -0.465. The van der Waals surface area contributed by atoms with Gasteiger partial charge in [0.2, 0.25) is 5.91 Å². The Labute approximate surface area is 143 Å². The van der Waals surface area contributed by atoms with Crippen molar-refractivity contribution < 1.29 is 9.72 Å². The number of imidazole rings is 1. The first-order valence-corrected chi connectivity index (χ1v) is 7.64. The molecule has 7 nitrogen and oxygen atoms in total. The van der Waals surface area contributed by atoms with E-state index in [4.69, 9.17) is 0 Å². The van der Waals surface area contributed by atoms with Crippen molar-refractivity contribution in [3.05, 3.63) is 76.1 Å². The topological polar surface area (TPSA) is 92.1 Å². The molecule has 0 spiro atoms. The first kappa shape index (κ1) is 16.4. The van der Waals surface area contributed by atoms with Crippen molar-refractivity contribution in [3.63, 3.8) is 0 Å². The van der Waals surface area contributed by atoms with Crippen molar-refractivity contribution in [3.8, 4) is 0 Å². The second-order valence-corrected chi connectivity index (χ2v) is 5.58. The van der Waals surface area contributed by atoms with Crippen LogP contribution in [0.15, 0.2) is 54.6 Å². The van der Waals surface area contributed by atoms with Gasteiger partial charge in [0.1, 0.15) is 5.82 Å². The minimum Gasteiger partial charge on any atom is -0.340 e. The molecule has 126 valence electrons. The summed E-state index contributed by atoms with van der Waals surface area (Å²) in [5.74, 6) is 0.479. The van der Waals surface area contributed by atoms with Gasteiger partial charge >= 0.3 is 0 Å². The van der Waals surface area contributed by atoms with Gasteiger partial charge in [0.05, 0.1) is 22.5 Å². The van der Waals surface area contributed by atoms with Gasteiger partial charge in [0.25, 0.3) is 5.69 Å². The van der Waals surface area contributed by atoms with E-state index in [1.165, 1.54) is 23.1 Å². The van der Waals surface area contributed by atoms with Gasteiger partial charge in [-0.1, -0.05) is 24.3 Å². The number of para-hydroxylation sites is 2. The maximum Gasteiger partial charge on any atom is 0.270 e. The van der Waals surface area contributed by atoms with Gasteiger partial charge in [-0.15, -0.1) is 0 Å². The molecule has 2 aromatic carbocycles. The fourth-order valence-corrected chi connectivity index (χ4v) is 2.42. The van der Waals surface area contributed by atoms with Gasteiger partial charge in [-0.05, 0) is 23.8 Å². The SMILES string of the molecule is CN(Cc1nc2ccccc2[nH]1)C(=O)/C=C/c1cccc([N+](=O)[O-])c1. The smallest absolute Gasteiger partial charge is 0.270 e. The number of fused-ring (bicyclic) bond motifs is 1. The number of hydrogen-bond donors (Lipinski definition) is 1. The van der Waals surface area contributed by atoms with E-state index in [2.05, 4.69) is 9.97 Å². The molecule has 0 fully saturated rings. The van der Waals surface area contributed by atoms with Crippen LogP contribution in [0.1, 0.15) is 11.4 Å². The van der Waals surface area contributed by atoms with E-state index in [0.29, 0.717) is 17.9 Å². The molecule has 0 aliphatic rings. The predicted octanol–water partition coefficient (Wildman–Crippen LogP) is 3.14. The number of nitrogens with zero attached hydrogens (tertiary/aromatic N) is 3. The summed E-state index contributed by atoms with van der Waals surface area (Å²) in [5.41, 5.74) is 2.36. The summed E-state index contributed by atoms with van der Waals surface area (Å²) < 4.78 is 0. The van der Waals surface area contributed by atoms with Gasteiger partial charge in [0, 0.05) is 25.3 Å². The lowest BCUT2D eigenvalue weighted by Gasteiger charge is -2.12. The van der Waals surface area contributed by atoms with Crippen LogP contribution in [0.2, 0.25) is 0 Å². The Morgan fingerprint density at radius 3 is 2.84 bits per heavy atom. The second-order valence-electron chi connectivity index (χ2n) is 5.58. The molecule has 0 radical (unpaired) electrons. The van der Waals surface area contributed by atoms with Crippen molar-refractivity contribution >= 4 is 28.7 Å². The molecule has 0 saturated heterocycles. The Kier molecular flexibility index (Phi) is 4.56. The third-order valence-electron chi connectivity index (χ3n) is 3.70. The van der Waals surface area contributed by atoms with Crippen LogP contribution < -0.4 is 0 Å². The molecule has 1 N–H and O–H groups in total. The van der Waals surface area contributed by atoms with Crippen LogP contribution in [0, 0.1) is 10.1 Å². The number of nitro groups is 1. The highest BCUT2D eigenvalue weighted by Crippen LogP contribution is 2.15. The Balaban J connectivity index is 1.67. The quantitative estimate of drug-likeness (QED) is 0.440. The van der Waals surface area contributed by atoms with Crippen molar-refractivity contribution in [2.45, 2.75) is 6.54 Å². The minimum absolute atomic E-state index is 0.00905. The normalized spacial score (nSPS) is 11.1. The summed E-state index contributed by atoms with van der Waals surface area (Å²) in [5, 5.41) is 10.8. The molecule has 0 aliphatic heterocycles. The average molecular weight is 336 g/mol. The van der Waals surface area contributed by atoms with Gasteiger partial charge in [-0.3, -0.25) is 14.9 Å². The Bertz CT molecular complexity index is 929. The molecule has 25 heavy (non-hydrogen) atoms. The summed E-state index contributed by atoms with van der Waals surface area (Å²) >= 11 is 0. The summed E-state index contributed by atoms with van der Waals surface area (Å²) in [6.07, 6.45) is 2.95. The molecule has 7 heteroatoms. The van der Waals surface area contributed by atoms with Crippen molar-refractivity contribution in [2.24, 2.45) is 0 Å². The summed E-state index contributed by atoms with van der Waals surface area (Å²) in [6.45, 7) is 0.340. The van der Waals surface area contributed by atoms with E-state index in [0.717, 1.165) is 11.0 Å². The largest absolute Gasteiger partial charge is 0.340 e. The number of likely N-dealkylation sites (N-methyl/N-ethyl adjacent to an activating group) is 1. The third-order valence-corrected chi connectivity index (χ3v) is 3.70. The van der Waals surface area contributed by atoms with E-state index in [-0.39, 0.29) is 11.6 Å². The molecule has 0 aliphatic carbocycles. The highest BCUT2D eigenvalue weighted by molar-refractivity contribution is 5.91. The third kappa shape index (κ3) is 3.89. The lowest BCUT2D eigenvalue weighted by Crippen LogP contribution is -2.24. The van der Waals surface area contributed by atoms with Gasteiger partial charge in [0.15, 0.2) is 0 Å². The van der Waals surface area contributed by atoms with Crippen molar-refractivity contribution in [2.75, 3.05) is 7.05 Å². The van der Waals surface area contributed by atoms with Gasteiger partial charge in [-0.25, -0.2) is 4.98 Å².